The van der Waals surface area contributed by atoms with E-state index in [9.17, 15) is 4.79 Å². The molecule has 6 nitrogen and oxygen atoms in total. The van der Waals surface area contributed by atoms with E-state index in [0.717, 1.165) is 57.1 Å². The maximum atomic E-state index is 11.8. The molecule has 2 atom stereocenters. The summed E-state index contributed by atoms with van der Waals surface area (Å²) in [7, 11) is 1.67. The number of hydrogen-bond donors (Lipinski definition) is 0. The zero-order valence-electron chi connectivity index (χ0n) is 22.5. The van der Waals surface area contributed by atoms with Crippen molar-refractivity contribution >= 4 is 23.2 Å². The van der Waals surface area contributed by atoms with Gasteiger partial charge in [-0.2, -0.15) is 0 Å². The molecule has 2 aromatic carbocycles. The van der Waals surface area contributed by atoms with E-state index in [1.807, 2.05) is 11.0 Å². The molecule has 0 unspecified atom stereocenters. The number of anilines is 1. The van der Waals surface area contributed by atoms with Crippen molar-refractivity contribution < 1.29 is 14.3 Å². The van der Waals surface area contributed by atoms with Crippen LogP contribution in [-0.2, 0) is 4.79 Å². The molecule has 0 radical (unpaired) electrons. The fourth-order valence-electron chi connectivity index (χ4n) is 6.38. The van der Waals surface area contributed by atoms with Gasteiger partial charge in [0.05, 0.1) is 18.7 Å². The van der Waals surface area contributed by atoms with Gasteiger partial charge in [-0.1, -0.05) is 17.7 Å². The first-order chi connectivity index (χ1) is 18.0. The van der Waals surface area contributed by atoms with E-state index in [1.165, 1.54) is 41.6 Å². The second kappa shape index (κ2) is 11.5. The fourth-order valence-corrected chi connectivity index (χ4v) is 6.57. The molecule has 3 heterocycles. The number of carbonyl (C=O) groups is 1. The molecule has 0 bridgehead atoms. The first-order valence-corrected chi connectivity index (χ1v) is 14.2. The lowest BCUT2D eigenvalue weighted by Gasteiger charge is -2.49. The second-order valence-corrected chi connectivity index (χ2v) is 11.1. The third-order valence-corrected chi connectivity index (χ3v) is 8.90. The average Bonchev–Trinajstić information content (AvgIpc) is 3.33. The first kappa shape index (κ1) is 26.2. The largest absolute Gasteiger partial charge is 0.495 e. The molecule has 0 N–H and O–H groups in total. The molecule has 37 heavy (non-hydrogen) atoms. The van der Waals surface area contributed by atoms with Crippen LogP contribution in [0.2, 0.25) is 5.02 Å². The standard InChI is InChI=1S/C30H40ClN3O3/c1-21-22(2)28(37-18-6-15-32-14-5-9-30(32)35)13-11-25(21)27-8-4-7-24-20-33(16-17-34(24)27)23-10-12-26(31)29(19-23)36-3/h10-13,19,24,27H,4-9,14-18,20H2,1-3H3/t24-,27+/m0/s1. The number of benzene rings is 2. The molecule has 0 spiro atoms. The summed E-state index contributed by atoms with van der Waals surface area (Å²) in [6, 6.07) is 11.6. The highest BCUT2D eigenvalue weighted by Gasteiger charge is 2.36. The van der Waals surface area contributed by atoms with E-state index < -0.39 is 0 Å². The second-order valence-electron chi connectivity index (χ2n) is 10.7. The smallest absolute Gasteiger partial charge is 0.222 e. The predicted molar refractivity (Wildman–Crippen MR) is 149 cm³/mol. The minimum atomic E-state index is 0.288. The van der Waals surface area contributed by atoms with Gasteiger partial charge >= 0.3 is 0 Å². The van der Waals surface area contributed by atoms with Crippen LogP contribution in [-0.4, -0.2) is 68.2 Å². The number of ether oxygens (including phenoxy) is 2. The van der Waals surface area contributed by atoms with Crippen LogP contribution in [0.15, 0.2) is 30.3 Å². The van der Waals surface area contributed by atoms with E-state index >= 15 is 0 Å². The maximum Gasteiger partial charge on any atom is 0.222 e. The van der Waals surface area contributed by atoms with E-state index in [2.05, 4.69) is 47.9 Å². The Hall–Kier alpha value is -2.44. The summed E-state index contributed by atoms with van der Waals surface area (Å²) in [6.07, 6.45) is 6.25. The van der Waals surface area contributed by atoms with Gasteiger partial charge in [0.25, 0.3) is 0 Å². The predicted octanol–water partition coefficient (Wildman–Crippen LogP) is 5.77. The summed E-state index contributed by atoms with van der Waals surface area (Å²) in [4.78, 5) is 19.0. The minimum absolute atomic E-state index is 0.288. The number of rotatable bonds is 8. The molecule has 3 aliphatic rings. The number of fused-ring (bicyclic) bond motifs is 1. The van der Waals surface area contributed by atoms with E-state index in [-0.39, 0.29) is 5.91 Å². The maximum absolute atomic E-state index is 11.8. The minimum Gasteiger partial charge on any atom is -0.495 e. The van der Waals surface area contributed by atoms with Crippen molar-refractivity contribution in [1.82, 2.24) is 9.80 Å². The Balaban J connectivity index is 1.22. The van der Waals surface area contributed by atoms with Gasteiger partial charge < -0.3 is 19.3 Å². The molecule has 2 aromatic rings. The van der Waals surface area contributed by atoms with E-state index in [4.69, 9.17) is 21.1 Å². The molecule has 0 aliphatic carbocycles. The topological polar surface area (TPSA) is 45.2 Å². The van der Waals surface area contributed by atoms with Gasteiger partial charge in [-0.05, 0) is 80.8 Å². The van der Waals surface area contributed by atoms with Gasteiger partial charge in [0.1, 0.15) is 11.5 Å². The number of piperazine rings is 1. The normalized spacial score (nSPS) is 22.3. The van der Waals surface area contributed by atoms with Crippen molar-refractivity contribution in [3.8, 4) is 11.5 Å². The molecule has 3 fully saturated rings. The van der Waals surface area contributed by atoms with Crippen LogP contribution in [0.3, 0.4) is 0 Å². The number of methoxy groups -OCH3 is 1. The summed E-state index contributed by atoms with van der Waals surface area (Å²) >= 11 is 6.26. The lowest BCUT2D eigenvalue weighted by molar-refractivity contribution is -0.127. The van der Waals surface area contributed by atoms with Crippen molar-refractivity contribution in [3.05, 3.63) is 52.0 Å². The van der Waals surface area contributed by atoms with Gasteiger partial charge in [-0.15, -0.1) is 0 Å². The summed E-state index contributed by atoms with van der Waals surface area (Å²) in [6.45, 7) is 9.85. The molecule has 3 saturated heterocycles. The van der Waals surface area contributed by atoms with E-state index in [0.29, 0.717) is 30.1 Å². The molecule has 7 heteroatoms. The number of nitrogens with zero attached hydrogens (tertiary/aromatic N) is 3. The summed E-state index contributed by atoms with van der Waals surface area (Å²) in [5.41, 5.74) is 5.22. The van der Waals surface area contributed by atoms with Gasteiger partial charge in [0, 0.05) is 63.0 Å². The van der Waals surface area contributed by atoms with Crippen molar-refractivity contribution in [3.63, 3.8) is 0 Å². The lowest BCUT2D eigenvalue weighted by atomic mass is 9.86. The average molecular weight is 526 g/mol. The Labute approximate surface area is 226 Å². The highest BCUT2D eigenvalue weighted by molar-refractivity contribution is 6.32. The number of halogens is 1. The van der Waals surface area contributed by atoms with Gasteiger partial charge in [0.2, 0.25) is 5.91 Å². The van der Waals surface area contributed by atoms with Crippen LogP contribution in [0.25, 0.3) is 0 Å². The molecule has 5 rings (SSSR count). The number of amides is 1. The molecule has 0 aromatic heterocycles. The molecule has 3 aliphatic heterocycles. The summed E-state index contributed by atoms with van der Waals surface area (Å²) < 4.78 is 11.6. The Kier molecular flexibility index (Phi) is 8.15. The van der Waals surface area contributed by atoms with Crippen LogP contribution in [0.4, 0.5) is 5.69 Å². The van der Waals surface area contributed by atoms with Gasteiger partial charge in [0.15, 0.2) is 0 Å². The number of piperidine rings is 1. The molecule has 1 amide bonds. The first-order valence-electron chi connectivity index (χ1n) is 13.8. The number of carbonyl (C=O) groups excluding carboxylic acids is 1. The summed E-state index contributed by atoms with van der Waals surface area (Å²) in [5.74, 6) is 2.00. The zero-order valence-corrected chi connectivity index (χ0v) is 23.2. The molecular formula is C30H40ClN3O3. The third kappa shape index (κ3) is 5.56. The van der Waals surface area contributed by atoms with Crippen LogP contribution in [0.1, 0.15) is 61.3 Å². The monoisotopic (exact) mass is 525 g/mol. The summed E-state index contributed by atoms with van der Waals surface area (Å²) in [5, 5.41) is 0.655. The third-order valence-electron chi connectivity index (χ3n) is 8.58. The Morgan fingerprint density at radius 3 is 2.65 bits per heavy atom. The van der Waals surface area contributed by atoms with Crippen LogP contribution < -0.4 is 14.4 Å². The Bertz CT molecular complexity index is 1120. The van der Waals surface area contributed by atoms with Crippen LogP contribution >= 0.6 is 11.6 Å². The number of hydrogen-bond acceptors (Lipinski definition) is 5. The number of likely N-dealkylation sites (tertiary alicyclic amines) is 1. The molecular weight excluding hydrogens is 486 g/mol. The van der Waals surface area contributed by atoms with Crippen molar-refractivity contribution in [2.24, 2.45) is 0 Å². The van der Waals surface area contributed by atoms with Gasteiger partial charge in [-0.3, -0.25) is 9.69 Å². The fraction of sp³-hybridized carbons (Fsp3) is 0.567. The highest BCUT2D eigenvalue weighted by atomic mass is 35.5. The van der Waals surface area contributed by atoms with Crippen molar-refractivity contribution in [2.75, 3.05) is 51.3 Å². The van der Waals surface area contributed by atoms with Crippen LogP contribution in [0, 0.1) is 13.8 Å². The molecule has 200 valence electrons. The molecule has 0 saturated carbocycles. The van der Waals surface area contributed by atoms with Gasteiger partial charge in [-0.25, -0.2) is 0 Å². The van der Waals surface area contributed by atoms with Crippen molar-refractivity contribution in [2.45, 2.75) is 64.5 Å². The van der Waals surface area contributed by atoms with Crippen molar-refractivity contribution in [1.29, 1.82) is 0 Å². The SMILES string of the molecule is COc1cc(N2CCN3[C@@H](CCC[C@@H]3c3ccc(OCCCN4CCCC4=O)c(C)c3C)C2)ccc1Cl. The Morgan fingerprint density at radius 1 is 1.00 bits per heavy atom. The van der Waals surface area contributed by atoms with E-state index in [1.54, 1.807) is 7.11 Å². The van der Waals surface area contributed by atoms with Crippen LogP contribution in [0.5, 0.6) is 11.5 Å². The highest BCUT2D eigenvalue weighted by Crippen LogP contribution is 2.40. The zero-order chi connectivity index (χ0) is 25.9. The lowest BCUT2D eigenvalue weighted by Crippen LogP contribution is -2.56. The Morgan fingerprint density at radius 2 is 1.86 bits per heavy atom. The quantitative estimate of drug-likeness (QED) is 0.409.